The molecule has 1 aliphatic heterocycles. The van der Waals surface area contributed by atoms with Crippen LogP contribution in [0, 0.1) is 5.92 Å². The fraction of sp³-hybridized carbons (Fsp3) is 0.529. The predicted molar refractivity (Wildman–Crippen MR) is 78.8 cm³/mol. The molecule has 1 aromatic carbocycles. The van der Waals surface area contributed by atoms with Crippen LogP contribution in [0.4, 0.5) is 0 Å². The van der Waals surface area contributed by atoms with Crippen molar-refractivity contribution in [2.24, 2.45) is 5.92 Å². The van der Waals surface area contributed by atoms with Gasteiger partial charge in [0.05, 0.1) is 6.61 Å². The zero-order chi connectivity index (χ0) is 13.3. The first-order valence-electron chi connectivity index (χ1n) is 7.33. The molecule has 1 heterocycles. The molecule has 1 aliphatic rings. The van der Waals surface area contributed by atoms with Gasteiger partial charge in [-0.2, -0.15) is 0 Å². The maximum atomic E-state index is 5.69. The summed E-state index contributed by atoms with van der Waals surface area (Å²) in [5, 5.41) is 0. The molecule has 104 valence electrons. The molecule has 0 aliphatic carbocycles. The lowest BCUT2D eigenvalue weighted by Gasteiger charge is -2.10. The number of hydrogen-bond donors (Lipinski definition) is 0. The summed E-state index contributed by atoms with van der Waals surface area (Å²) < 4.78 is 11.4. The van der Waals surface area contributed by atoms with Crippen molar-refractivity contribution < 1.29 is 9.47 Å². The summed E-state index contributed by atoms with van der Waals surface area (Å²) in [5.41, 5.74) is 1.26. The molecule has 2 nitrogen and oxygen atoms in total. The Bertz CT molecular complexity index is 372. The summed E-state index contributed by atoms with van der Waals surface area (Å²) in [4.78, 5) is 0. The zero-order valence-corrected chi connectivity index (χ0v) is 11.8. The normalized spacial score (nSPS) is 23.2. The molecule has 0 spiro atoms. The van der Waals surface area contributed by atoms with E-state index in [1.54, 1.807) is 0 Å². The van der Waals surface area contributed by atoms with Gasteiger partial charge in [-0.05, 0) is 24.3 Å². The third-order valence-corrected chi connectivity index (χ3v) is 3.42. The molecule has 2 atom stereocenters. The first-order chi connectivity index (χ1) is 9.38. The van der Waals surface area contributed by atoms with Crippen LogP contribution in [0.25, 0.3) is 6.08 Å². The van der Waals surface area contributed by atoms with E-state index in [9.17, 15) is 0 Å². The molecular weight excluding hydrogens is 236 g/mol. The number of allylic oxidation sites excluding steroid dienone is 1. The van der Waals surface area contributed by atoms with E-state index in [0.717, 1.165) is 32.5 Å². The second kappa shape index (κ2) is 8.13. The van der Waals surface area contributed by atoms with Crippen LogP contribution < -0.4 is 0 Å². The van der Waals surface area contributed by atoms with Crippen LogP contribution in [0.5, 0.6) is 0 Å². The van der Waals surface area contributed by atoms with Crippen LogP contribution in [0.1, 0.15) is 38.2 Å². The zero-order valence-electron chi connectivity index (χ0n) is 11.8. The van der Waals surface area contributed by atoms with Crippen LogP contribution in [-0.2, 0) is 9.47 Å². The summed E-state index contributed by atoms with van der Waals surface area (Å²) >= 11 is 0. The molecule has 1 saturated heterocycles. The number of benzene rings is 1. The topological polar surface area (TPSA) is 18.5 Å². The maximum Gasteiger partial charge on any atom is 0.157 e. The molecule has 2 unspecified atom stereocenters. The molecule has 1 aromatic rings. The maximum absolute atomic E-state index is 5.69. The Labute approximate surface area is 116 Å². The Morgan fingerprint density at radius 3 is 2.95 bits per heavy atom. The van der Waals surface area contributed by atoms with E-state index in [2.05, 4.69) is 43.3 Å². The molecule has 0 amide bonds. The summed E-state index contributed by atoms with van der Waals surface area (Å²) in [6.07, 6.45) is 8.87. The fourth-order valence-corrected chi connectivity index (χ4v) is 2.25. The molecule has 0 bridgehead atoms. The van der Waals surface area contributed by atoms with Crippen molar-refractivity contribution in [2.45, 2.75) is 38.9 Å². The highest BCUT2D eigenvalue weighted by Gasteiger charge is 2.24. The highest BCUT2D eigenvalue weighted by atomic mass is 16.7. The molecule has 0 N–H and O–H groups in total. The van der Waals surface area contributed by atoms with Gasteiger partial charge in [-0.1, -0.05) is 55.8 Å². The average Bonchev–Trinajstić information content (AvgIpc) is 2.88. The molecule has 2 heteroatoms. The number of unbranched alkanes of at least 4 members (excludes halogenated alkanes) is 1. The van der Waals surface area contributed by atoms with Crippen molar-refractivity contribution in [1.29, 1.82) is 0 Å². The molecule has 19 heavy (non-hydrogen) atoms. The Balaban J connectivity index is 1.66. The number of rotatable bonds is 7. The standard InChI is InChI=1S/C17H24O2/c1-2-3-12-18-17-13-16(14-19-17)11-7-10-15-8-5-4-6-9-15/h4-10,16-17H,2-3,11-14H2,1H3/b10-7+. The Hall–Kier alpha value is -1.12. The Morgan fingerprint density at radius 1 is 1.32 bits per heavy atom. The van der Waals surface area contributed by atoms with Crippen molar-refractivity contribution in [3.05, 3.63) is 42.0 Å². The number of hydrogen-bond acceptors (Lipinski definition) is 2. The van der Waals surface area contributed by atoms with E-state index in [1.165, 1.54) is 12.0 Å². The van der Waals surface area contributed by atoms with Gasteiger partial charge in [-0.3, -0.25) is 0 Å². The van der Waals surface area contributed by atoms with Crippen LogP contribution in [0.15, 0.2) is 36.4 Å². The van der Waals surface area contributed by atoms with Crippen molar-refractivity contribution >= 4 is 6.08 Å². The Morgan fingerprint density at radius 2 is 2.16 bits per heavy atom. The van der Waals surface area contributed by atoms with Crippen molar-refractivity contribution in [3.63, 3.8) is 0 Å². The van der Waals surface area contributed by atoms with Crippen molar-refractivity contribution in [1.82, 2.24) is 0 Å². The lowest BCUT2D eigenvalue weighted by Crippen LogP contribution is -2.11. The quantitative estimate of drug-likeness (QED) is 0.682. The van der Waals surface area contributed by atoms with E-state index in [4.69, 9.17) is 9.47 Å². The van der Waals surface area contributed by atoms with Crippen LogP contribution in [0.3, 0.4) is 0 Å². The van der Waals surface area contributed by atoms with E-state index in [1.807, 2.05) is 6.07 Å². The SMILES string of the molecule is CCCCOC1CC(C/C=C/c2ccccc2)CO1. The minimum Gasteiger partial charge on any atom is -0.353 e. The van der Waals surface area contributed by atoms with Gasteiger partial charge in [0.1, 0.15) is 0 Å². The highest BCUT2D eigenvalue weighted by molar-refractivity contribution is 5.48. The van der Waals surface area contributed by atoms with Crippen LogP contribution >= 0.6 is 0 Å². The lowest BCUT2D eigenvalue weighted by molar-refractivity contribution is -0.111. The van der Waals surface area contributed by atoms with Crippen molar-refractivity contribution in [3.8, 4) is 0 Å². The summed E-state index contributed by atoms with van der Waals surface area (Å²) in [5.74, 6) is 0.603. The molecular formula is C17H24O2. The monoisotopic (exact) mass is 260 g/mol. The second-order valence-electron chi connectivity index (χ2n) is 5.14. The van der Waals surface area contributed by atoms with Crippen LogP contribution in [0.2, 0.25) is 0 Å². The second-order valence-corrected chi connectivity index (χ2v) is 5.14. The minimum atomic E-state index is 0.0293. The van der Waals surface area contributed by atoms with Gasteiger partial charge in [-0.25, -0.2) is 0 Å². The molecule has 2 rings (SSSR count). The van der Waals surface area contributed by atoms with Gasteiger partial charge in [-0.15, -0.1) is 0 Å². The van der Waals surface area contributed by atoms with Gasteiger partial charge in [0, 0.05) is 13.0 Å². The van der Waals surface area contributed by atoms with Gasteiger partial charge in [0.15, 0.2) is 6.29 Å². The first kappa shape index (κ1) is 14.3. The Kier molecular flexibility index (Phi) is 6.12. The van der Waals surface area contributed by atoms with E-state index in [-0.39, 0.29) is 6.29 Å². The largest absolute Gasteiger partial charge is 0.353 e. The average molecular weight is 260 g/mol. The lowest BCUT2D eigenvalue weighted by atomic mass is 10.0. The van der Waals surface area contributed by atoms with E-state index in [0.29, 0.717) is 5.92 Å². The van der Waals surface area contributed by atoms with Crippen molar-refractivity contribution in [2.75, 3.05) is 13.2 Å². The van der Waals surface area contributed by atoms with E-state index < -0.39 is 0 Å². The van der Waals surface area contributed by atoms with Crippen LogP contribution in [-0.4, -0.2) is 19.5 Å². The third kappa shape index (κ3) is 5.17. The third-order valence-electron chi connectivity index (χ3n) is 3.42. The first-order valence-corrected chi connectivity index (χ1v) is 7.33. The molecule has 0 radical (unpaired) electrons. The molecule has 0 aromatic heterocycles. The minimum absolute atomic E-state index is 0.0293. The predicted octanol–water partition coefficient (Wildman–Crippen LogP) is 4.27. The van der Waals surface area contributed by atoms with Gasteiger partial charge in [0.25, 0.3) is 0 Å². The summed E-state index contributed by atoms with van der Waals surface area (Å²) in [6, 6.07) is 10.4. The highest BCUT2D eigenvalue weighted by Crippen LogP contribution is 2.24. The molecule has 0 saturated carbocycles. The summed E-state index contributed by atoms with van der Waals surface area (Å²) in [6.45, 7) is 3.83. The van der Waals surface area contributed by atoms with Gasteiger partial charge >= 0.3 is 0 Å². The van der Waals surface area contributed by atoms with E-state index >= 15 is 0 Å². The smallest absolute Gasteiger partial charge is 0.157 e. The summed E-state index contributed by atoms with van der Waals surface area (Å²) in [7, 11) is 0. The fourth-order valence-electron chi connectivity index (χ4n) is 2.25. The van der Waals surface area contributed by atoms with Gasteiger partial charge < -0.3 is 9.47 Å². The number of ether oxygens (including phenoxy) is 2. The molecule has 1 fully saturated rings. The van der Waals surface area contributed by atoms with Gasteiger partial charge in [0.2, 0.25) is 0 Å².